The molecular weight excluding hydrogens is 598 g/mol. The van der Waals surface area contributed by atoms with Crippen LogP contribution < -0.4 is 15.1 Å². The topological polar surface area (TPSA) is 129 Å². The number of amides is 4. The molecule has 11 nitrogen and oxygen atoms in total. The second-order valence-electron chi connectivity index (χ2n) is 14.3. The molecule has 0 aromatic heterocycles. The van der Waals surface area contributed by atoms with E-state index in [0.29, 0.717) is 17.1 Å². The summed E-state index contributed by atoms with van der Waals surface area (Å²) in [5, 5.41) is 8.80. The minimum Gasteiger partial charge on any atom is -0.443 e. The van der Waals surface area contributed by atoms with Crippen LogP contribution in [0.25, 0.3) is 0 Å². The maximum Gasteiger partial charge on any atom is 0.415 e. The number of fused-ring (bicyclic) bond motifs is 1. The predicted octanol–water partition coefficient (Wildman–Crippen LogP) is 6.80. The first-order valence-corrected chi connectivity index (χ1v) is 16.2. The van der Waals surface area contributed by atoms with Crippen LogP contribution in [0.4, 0.5) is 26.7 Å². The van der Waals surface area contributed by atoms with Crippen LogP contribution in [0.3, 0.4) is 0 Å². The number of benzene rings is 2. The number of ketones is 2. The third-order valence-corrected chi connectivity index (χ3v) is 8.01. The maximum atomic E-state index is 14.1. The summed E-state index contributed by atoms with van der Waals surface area (Å²) in [6.45, 7) is 11.2. The highest BCUT2D eigenvalue weighted by atomic mass is 16.6. The molecule has 1 aliphatic carbocycles. The number of nitrogens with one attached hydrogen (secondary N) is 1. The van der Waals surface area contributed by atoms with Crippen molar-refractivity contribution < 1.29 is 28.7 Å². The summed E-state index contributed by atoms with van der Waals surface area (Å²) >= 11 is 0. The number of ether oxygens (including phenoxy) is 1. The summed E-state index contributed by atoms with van der Waals surface area (Å²) in [5.74, 6) is -0.779. The number of hydrogen-bond donors (Lipinski definition) is 1. The van der Waals surface area contributed by atoms with Crippen LogP contribution in [-0.4, -0.2) is 65.6 Å². The molecule has 0 spiro atoms. The van der Waals surface area contributed by atoms with Gasteiger partial charge in [0, 0.05) is 28.3 Å². The van der Waals surface area contributed by atoms with Crippen LogP contribution in [0.5, 0.6) is 0 Å². The fraction of sp³-hybridized carbons (Fsp3) is 0.500. The highest BCUT2D eigenvalue weighted by Gasteiger charge is 2.36. The second-order valence-corrected chi connectivity index (χ2v) is 14.3. The summed E-state index contributed by atoms with van der Waals surface area (Å²) in [4.78, 5) is 68.5. The van der Waals surface area contributed by atoms with E-state index in [1.165, 1.54) is 16.7 Å². The Hall–Kier alpha value is -4.54. The molecular formula is C36H47N5O6. The van der Waals surface area contributed by atoms with Gasteiger partial charge in [0.15, 0.2) is 5.78 Å². The Morgan fingerprint density at radius 3 is 2.26 bits per heavy atom. The van der Waals surface area contributed by atoms with E-state index in [1.807, 2.05) is 45.0 Å². The number of Topliss-reactive ketones (excluding diaryl/α,β-unsaturated/α-hetero) is 2. The lowest BCUT2D eigenvalue weighted by atomic mass is 9.83. The Bertz CT molecular complexity index is 1550. The largest absolute Gasteiger partial charge is 0.443 e. The number of carbonyl (C=O) groups excluding carboxylic acids is 5. The zero-order valence-electron chi connectivity index (χ0n) is 28.6. The molecule has 2 aromatic rings. The number of hydrogen-bond acceptors (Lipinski definition) is 7. The minimum absolute atomic E-state index is 0.110. The summed E-state index contributed by atoms with van der Waals surface area (Å²) in [6, 6.07) is 13.4. The normalized spacial score (nSPS) is 15.7. The van der Waals surface area contributed by atoms with E-state index >= 15 is 0 Å². The predicted molar refractivity (Wildman–Crippen MR) is 183 cm³/mol. The summed E-state index contributed by atoms with van der Waals surface area (Å²) in [6.07, 6.45) is 4.38. The van der Waals surface area contributed by atoms with Crippen molar-refractivity contribution in [1.82, 2.24) is 5.01 Å². The molecule has 252 valence electrons. The van der Waals surface area contributed by atoms with Gasteiger partial charge in [0.25, 0.3) is 0 Å². The molecule has 1 aliphatic heterocycles. The smallest absolute Gasteiger partial charge is 0.415 e. The number of anilines is 3. The third kappa shape index (κ3) is 9.27. The average molecular weight is 646 g/mol. The SMILES string of the molecule is CC(=O)CN(C(=O)OC(C)(C)C)c1cccc(NC(=O)CN2N=C(C3CCCCC3)c3ccccc3N(CC(=O)C(C)(C)C)C2=O)c1. The molecule has 47 heavy (non-hydrogen) atoms. The number of urea groups is 1. The molecule has 2 aromatic carbocycles. The van der Waals surface area contributed by atoms with Gasteiger partial charge in [0.1, 0.15) is 17.9 Å². The van der Waals surface area contributed by atoms with Gasteiger partial charge in [-0.3, -0.25) is 24.2 Å². The van der Waals surface area contributed by atoms with E-state index in [-0.39, 0.29) is 30.6 Å². The van der Waals surface area contributed by atoms with Gasteiger partial charge in [-0.1, -0.05) is 64.3 Å². The number of rotatable bonds is 9. The summed E-state index contributed by atoms with van der Waals surface area (Å²) in [5.41, 5.74) is 1.38. The van der Waals surface area contributed by atoms with Crippen LogP contribution >= 0.6 is 0 Å². The van der Waals surface area contributed by atoms with Crippen LogP contribution in [0.2, 0.25) is 0 Å². The van der Waals surface area contributed by atoms with Gasteiger partial charge in [0.2, 0.25) is 5.91 Å². The zero-order valence-corrected chi connectivity index (χ0v) is 28.6. The van der Waals surface area contributed by atoms with Crippen LogP contribution in [0.1, 0.15) is 86.1 Å². The average Bonchev–Trinajstić information content (AvgIpc) is 3.09. The molecule has 0 saturated heterocycles. The zero-order chi connectivity index (χ0) is 34.5. The molecule has 1 heterocycles. The van der Waals surface area contributed by atoms with E-state index in [1.54, 1.807) is 45.0 Å². The first kappa shape index (κ1) is 35.3. The molecule has 1 fully saturated rings. The summed E-state index contributed by atoms with van der Waals surface area (Å²) < 4.78 is 5.51. The fourth-order valence-corrected chi connectivity index (χ4v) is 5.60. The highest BCUT2D eigenvalue weighted by Crippen LogP contribution is 2.34. The number of nitrogens with zero attached hydrogens (tertiary/aromatic N) is 4. The van der Waals surface area contributed by atoms with E-state index < -0.39 is 35.6 Å². The van der Waals surface area contributed by atoms with Crippen molar-refractivity contribution in [3.05, 3.63) is 54.1 Å². The molecule has 1 N–H and O–H groups in total. The van der Waals surface area contributed by atoms with E-state index in [0.717, 1.165) is 48.4 Å². The molecule has 0 radical (unpaired) electrons. The van der Waals surface area contributed by atoms with Crippen molar-refractivity contribution in [2.75, 3.05) is 34.8 Å². The first-order chi connectivity index (χ1) is 22.0. The molecule has 1 saturated carbocycles. The Morgan fingerprint density at radius 1 is 0.936 bits per heavy atom. The molecule has 0 unspecified atom stereocenters. The number of para-hydroxylation sites is 1. The molecule has 0 atom stereocenters. The molecule has 11 heteroatoms. The van der Waals surface area contributed by atoms with Gasteiger partial charge in [-0.25, -0.2) is 14.6 Å². The molecule has 2 aliphatic rings. The number of carbonyl (C=O) groups is 5. The lowest BCUT2D eigenvalue weighted by Gasteiger charge is -2.28. The number of hydrazone groups is 1. The van der Waals surface area contributed by atoms with E-state index in [4.69, 9.17) is 9.84 Å². The van der Waals surface area contributed by atoms with Gasteiger partial charge in [-0.15, -0.1) is 0 Å². The Morgan fingerprint density at radius 2 is 1.62 bits per heavy atom. The van der Waals surface area contributed by atoms with Crippen molar-refractivity contribution in [3.63, 3.8) is 0 Å². The first-order valence-electron chi connectivity index (χ1n) is 16.2. The van der Waals surface area contributed by atoms with Crippen molar-refractivity contribution in [1.29, 1.82) is 0 Å². The lowest BCUT2D eigenvalue weighted by molar-refractivity contribution is -0.124. The van der Waals surface area contributed by atoms with Crippen LogP contribution in [-0.2, 0) is 19.1 Å². The van der Waals surface area contributed by atoms with Crippen molar-refractivity contribution >= 4 is 52.4 Å². The quantitative estimate of drug-likeness (QED) is 0.320. The van der Waals surface area contributed by atoms with Gasteiger partial charge in [0.05, 0.1) is 24.5 Å². The summed E-state index contributed by atoms with van der Waals surface area (Å²) in [7, 11) is 0. The Balaban J connectivity index is 1.64. The van der Waals surface area contributed by atoms with E-state index in [9.17, 15) is 24.0 Å². The van der Waals surface area contributed by atoms with Gasteiger partial charge >= 0.3 is 12.1 Å². The monoisotopic (exact) mass is 645 g/mol. The van der Waals surface area contributed by atoms with Crippen molar-refractivity contribution in [2.24, 2.45) is 16.4 Å². The standard InChI is InChI=1S/C36H47N5O6/c1-24(42)21-39(34(46)47-36(5,6)7)27-17-13-16-26(20-27)37-31(44)23-41-33(45)40(22-30(43)35(2,3)4)29-19-12-11-18-28(29)32(38-41)25-14-9-8-10-15-25/h11-13,16-20,25H,8-10,14-15,21-23H2,1-7H3,(H,37,44). The molecule has 0 bridgehead atoms. The third-order valence-electron chi connectivity index (χ3n) is 8.01. The lowest BCUT2D eigenvalue weighted by Crippen LogP contribution is -2.47. The highest BCUT2D eigenvalue weighted by molar-refractivity contribution is 6.13. The van der Waals surface area contributed by atoms with Crippen molar-refractivity contribution in [2.45, 2.75) is 86.2 Å². The fourth-order valence-electron chi connectivity index (χ4n) is 5.60. The molecule has 4 amide bonds. The van der Waals surface area contributed by atoms with Crippen LogP contribution in [0.15, 0.2) is 53.6 Å². The Kier molecular flexibility index (Phi) is 10.9. The minimum atomic E-state index is -0.778. The van der Waals surface area contributed by atoms with Crippen molar-refractivity contribution in [3.8, 4) is 0 Å². The van der Waals surface area contributed by atoms with Gasteiger partial charge in [-0.2, -0.15) is 5.10 Å². The Labute approximate surface area is 277 Å². The van der Waals surface area contributed by atoms with E-state index in [2.05, 4.69) is 5.32 Å². The van der Waals surface area contributed by atoms with Crippen LogP contribution in [0, 0.1) is 11.3 Å². The van der Waals surface area contributed by atoms with Gasteiger partial charge < -0.3 is 10.1 Å². The molecule has 4 rings (SSSR count). The maximum absolute atomic E-state index is 14.1. The second kappa shape index (κ2) is 14.5. The van der Waals surface area contributed by atoms with Gasteiger partial charge in [-0.05, 0) is 64.8 Å².